The van der Waals surface area contributed by atoms with E-state index in [2.05, 4.69) is 25.7 Å². The second kappa shape index (κ2) is 8.11. The first-order valence-corrected chi connectivity index (χ1v) is 9.98. The van der Waals surface area contributed by atoms with Gasteiger partial charge in [0.2, 0.25) is 5.82 Å². The van der Waals surface area contributed by atoms with Gasteiger partial charge < -0.3 is 20.2 Å². The first kappa shape index (κ1) is 20.0. The zero-order valence-electron chi connectivity index (χ0n) is 14.8. The van der Waals surface area contributed by atoms with Gasteiger partial charge in [0.1, 0.15) is 11.5 Å². The molecule has 0 bridgehead atoms. The topological polar surface area (TPSA) is 146 Å². The summed E-state index contributed by atoms with van der Waals surface area (Å²) < 4.78 is 25.3. The molecule has 28 heavy (non-hydrogen) atoms. The van der Waals surface area contributed by atoms with Crippen LogP contribution in [-0.4, -0.2) is 58.9 Å². The second-order valence-corrected chi connectivity index (χ2v) is 7.81. The normalized spacial score (nSPS) is 12.8. The Morgan fingerprint density at radius 1 is 1.29 bits per heavy atom. The molecule has 0 saturated heterocycles. The number of hydrogen-bond donors (Lipinski definition) is 4. The van der Waals surface area contributed by atoms with Crippen LogP contribution >= 0.6 is 7.60 Å². The molecule has 0 fully saturated rings. The van der Waals surface area contributed by atoms with Crippen LogP contribution in [0.2, 0.25) is 0 Å². The minimum atomic E-state index is -4.31. The molecule has 1 aromatic carbocycles. The molecule has 3 aromatic rings. The third-order valence-electron chi connectivity index (χ3n) is 3.77. The summed E-state index contributed by atoms with van der Waals surface area (Å²) in [4.78, 5) is 23.2. The third kappa shape index (κ3) is 5.17. The minimum absolute atomic E-state index is 0.120. The summed E-state index contributed by atoms with van der Waals surface area (Å²) in [6.07, 6.45) is -0.421. The van der Waals surface area contributed by atoms with Gasteiger partial charge in [0.15, 0.2) is 0 Å². The standard InChI is InChI=1S/C16H18FN6O4P/c1-23-21-16(20-22-23)15-5-2-10(7-19-15)13-4-3-11(6-14(13)17)18-8-12(24)9-28(25,26)27/h2-7,12,18,24H,8-9H2,1H3,(H2,25,26,27)/t12-/m1/s1. The van der Waals surface area contributed by atoms with Crippen molar-refractivity contribution in [2.75, 3.05) is 18.0 Å². The molecule has 12 heteroatoms. The maximum atomic E-state index is 14.5. The number of benzene rings is 1. The van der Waals surface area contributed by atoms with Crippen LogP contribution in [0.5, 0.6) is 0 Å². The van der Waals surface area contributed by atoms with Crippen LogP contribution < -0.4 is 5.32 Å². The molecule has 10 nitrogen and oxygen atoms in total. The number of nitrogens with one attached hydrogen (secondary N) is 1. The Bertz CT molecular complexity index is 1010. The molecule has 3 rings (SSSR count). The van der Waals surface area contributed by atoms with E-state index in [1.54, 1.807) is 31.3 Å². The number of pyridine rings is 1. The maximum Gasteiger partial charge on any atom is 0.328 e. The van der Waals surface area contributed by atoms with Crippen molar-refractivity contribution in [2.45, 2.75) is 6.10 Å². The number of aryl methyl sites for hydroxylation is 1. The highest BCUT2D eigenvalue weighted by Crippen LogP contribution is 2.35. The molecule has 4 N–H and O–H groups in total. The Hall–Kier alpha value is -2.72. The van der Waals surface area contributed by atoms with E-state index in [0.29, 0.717) is 28.3 Å². The fourth-order valence-electron chi connectivity index (χ4n) is 2.51. The Balaban J connectivity index is 1.69. The van der Waals surface area contributed by atoms with Gasteiger partial charge in [-0.05, 0) is 29.5 Å². The van der Waals surface area contributed by atoms with E-state index in [9.17, 15) is 14.1 Å². The van der Waals surface area contributed by atoms with Crippen molar-refractivity contribution in [3.63, 3.8) is 0 Å². The number of aliphatic hydroxyl groups is 1. The average Bonchev–Trinajstić information content (AvgIpc) is 3.05. The summed E-state index contributed by atoms with van der Waals surface area (Å²) in [7, 11) is -2.67. The molecule has 0 radical (unpaired) electrons. The lowest BCUT2D eigenvalue weighted by atomic mass is 10.1. The summed E-state index contributed by atoms with van der Waals surface area (Å²) >= 11 is 0. The van der Waals surface area contributed by atoms with E-state index in [-0.39, 0.29) is 6.54 Å². The summed E-state index contributed by atoms with van der Waals surface area (Å²) in [5, 5.41) is 24.0. The number of halogens is 1. The van der Waals surface area contributed by atoms with Crippen LogP contribution in [0.15, 0.2) is 36.5 Å². The molecule has 1 atom stereocenters. The lowest BCUT2D eigenvalue weighted by Crippen LogP contribution is -2.23. The molecule has 0 amide bonds. The lowest BCUT2D eigenvalue weighted by Gasteiger charge is -2.14. The van der Waals surface area contributed by atoms with E-state index < -0.39 is 25.7 Å². The highest BCUT2D eigenvalue weighted by atomic mass is 31.2. The molecular formula is C16H18FN6O4P. The van der Waals surface area contributed by atoms with Crippen molar-refractivity contribution in [1.29, 1.82) is 0 Å². The molecule has 0 aliphatic carbocycles. The van der Waals surface area contributed by atoms with Crippen molar-refractivity contribution >= 4 is 13.3 Å². The molecule has 2 aromatic heterocycles. The number of hydrogen-bond acceptors (Lipinski definition) is 7. The maximum absolute atomic E-state index is 14.5. The number of aliphatic hydroxyl groups excluding tert-OH is 1. The second-order valence-electron chi connectivity index (χ2n) is 6.11. The molecule has 0 saturated carbocycles. The van der Waals surface area contributed by atoms with Gasteiger partial charge in [-0.3, -0.25) is 9.55 Å². The van der Waals surface area contributed by atoms with Gasteiger partial charge in [-0.1, -0.05) is 6.07 Å². The molecule has 0 unspecified atom stereocenters. The van der Waals surface area contributed by atoms with Crippen LogP contribution in [0, 0.1) is 5.82 Å². The van der Waals surface area contributed by atoms with E-state index in [4.69, 9.17) is 9.79 Å². The lowest BCUT2D eigenvalue weighted by molar-refractivity contribution is 0.201. The monoisotopic (exact) mass is 408 g/mol. The minimum Gasteiger partial charge on any atom is -0.391 e. The van der Waals surface area contributed by atoms with Gasteiger partial charge in [-0.15, -0.1) is 10.2 Å². The van der Waals surface area contributed by atoms with Crippen molar-refractivity contribution in [3.8, 4) is 22.6 Å². The third-order valence-corrected chi connectivity index (χ3v) is 4.67. The zero-order valence-corrected chi connectivity index (χ0v) is 15.7. The van der Waals surface area contributed by atoms with Gasteiger partial charge >= 0.3 is 7.60 Å². The van der Waals surface area contributed by atoms with Crippen LogP contribution in [0.3, 0.4) is 0 Å². The molecule has 0 aliphatic heterocycles. The number of tetrazole rings is 1. The number of rotatable bonds is 7. The van der Waals surface area contributed by atoms with Crippen LogP contribution in [0.4, 0.5) is 10.1 Å². The predicted molar refractivity (Wildman–Crippen MR) is 98.8 cm³/mol. The highest BCUT2D eigenvalue weighted by Gasteiger charge is 2.19. The first-order chi connectivity index (χ1) is 13.2. The van der Waals surface area contributed by atoms with Crippen LogP contribution in [0.1, 0.15) is 0 Å². The number of anilines is 1. The van der Waals surface area contributed by atoms with Gasteiger partial charge in [0, 0.05) is 29.6 Å². The summed E-state index contributed by atoms with van der Waals surface area (Å²) in [6.45, 7) is -0.120. The summed E-state index contributed by atoms with van der Waals surface area (Å²) in [5.41, 5.74) is 1.76. The van der Waals surface area contributed by atoms with Crippen LogP contribution in [0.25, 0.3) is 22.6 Å². The Kier molecular flexibility index (Phi) is 5.80. The molecule has 2 heterocycles. The van der Waals surface area contributed by atoms with Gasteiger partial charge in [-0.2, -0.15) is 4.80 Å². The zero-order chi connectivity index (χ0) is 20.3. The largest absolute Gasteiger partial charge is 0.391 e. The Labute approximate surface area is 159 Å². The quantitative estimate of drug-likeness (QED) is 0.421. The van der Waals surface area contributed by atoms with Crippen molar-refractivity contribution < 1.29 is 23.8 Å². The molecule has 0 aliphatic rings. The van der Waals surface area contributed by atoms with E-state index in [0.717, 1.165) is 0 Å². The Morgan fingerprint density at radius 3 is 2.64 bits per heavy atom. The van der Waals surface area contributed by atoms with Crippen molar-refractivity contribution in [3.05, 3.63) is 42.3 Å². The molecule has 0 spiro atoms. The highest BCUT2D eigenvalue weighted by molar-refractivity contribution is 7.51. The molecule has 148 valence electrons. The predicted octanol–water partition coefficient (Wildman–Crippen LogP) is 1.03. The van der Waals surface area contributed by atoms with E-state index >= 15 is 0 Å². The van der Waals surface area contributed by atoms with Gasteiger partial charge in [0.05, 0.1) is 19.3 Å². The van der Waals surface area contributed by atoms with Gasteiger partial charge in [0.25, 0.3) is 0 Å². The first-order valence-electron chi connectivity index (χ1n) is 8.18. The van der Waals surface area contributed by atoms with Crippen LogP contribution in [-0.2, 0) is 11.6 Å². The SMILES string of the molecule is Cn1nnc(-c2ccc(-c3ccc(NC[C@@H](O)CP(=O)(O)O)cc3F)cn2)n1. The fourth-order valence-corrected chi connectivity index (χ4v) is 3.18. The van der Waals surface area contributed by atoms with Crippen molar-refractivity contribution in [1.82, 2.24) is 25.2 Å². The summed E-state index contributed by atoms with van der Waals surface area (Å²) in [5.74, 6) is -0.149. The van der Waals surface area contributed by atoms with E-state index in [1.807, 2.05) is 0 Å². The number of nitrogens with zero attached hydrogens (tertiary/aromatic N) is 5. The smallest absolute Gasteiger partial charge is 0.328 e. The average molecular weight is 408 g/mol. The Morgan fingerprint density at radius 2 is 2.07 bits per heavy atom. The summed E-state index contributed by atoms with van der Waals surface area (Å²) in [6, 6.07) is 7.73. The van der Waals surface area contributed by atoms with Gasteiger partial charge in [-0.25, -0.2) is 4.39 Å². The van der Waals surface area contributed by atoms with E-state index in [1.165, 1.54) is 17.1 Å². The van der Waals surface area contributed by atoms with Crippen molar-refractivity contribution in [2.24, 2.45) is 7.05 Å². The fraction of sp³-hybridized carbons (Fsp3) is 0.250. The number of aromatic nitrogens is 5. The molecular weight excluding hydrogens is 390 g/mol.